The molecule has 0 bridgehead atoms. The molecule has 2 aromatic carbocycles. The zero-order valence-electron chi connectivity index (χ0n) is 12.8. The van der Waals surface area contributed by atoms with Gasteiger partial charge in [0.05, 0.1) is 11.2 Å². The van der Waals surface area contributed by atoms with Crippen molar-refractivity contribution in [2.24, 2.45) is 4.99 Å². The van der Waals surface area contributed by atoms with E-state index in [0.717, 1.165) is 35.0 Å². The van der Waals surface area contributed by atoms with Crippen molar-refractivity contribution in [3.63, 3.8) is 0 Å². The van der Waals surface area contributed by atoms with Crippen LogP contribution in [0.5, 0.6) is 0 Å². The molecule has 1 aliphatic carbocycles. The third kappa shape index (κ3) is 2.74. The highest BCUT2D eigenvalue weighted by molar-refractivity contribution is 5.95. The van der Waals surface area contributed by atoms with Crippen LogP contribution in [-0.4, -0.2) is 11.2 Å². The Labute approximate surface area is 134 Å². The molecule has 3 aromatic rings. The van der Waals surface area contributed by atoms with E-state index in [9.17, 15) is 4.39 Å². The summed E-state index contributed by atoms with van der Waals surface area (Å²) in [7, 11) is 0. The van der Waals surface area contributed by atoms with Crippen LogP contribution in [-0.2, 0) is 12.8 Å². The van der Waals surface area contributed by atoms with Gasteiger partial charge in [0.2, 0.25) is 0 Å². The number of aromatic nitrogens is 1. The van der Waals surface area contributed by atoms with E-state index in [4.69, 9.17) is 9.98 Å². The van der Waals surface area contributed by atoms with E-state index in [1.165, 1.54) is 36.2 Å². The van der Waals surface area contributed by atoms with Gasteiger partial charge in [0.1, 0.15) is 5.82 Å². The Kier molecular flexibility index (Phi) is 3.62. The van der Waals surface area contributed by atoms with Gasteiger partial charge in [0, 0.05) is 17.3 Å². The topological polar surface area (TPSA) is 25.2 Å². The quantitative estimate of drug-likeness (QED) is 0.611. The van der Waals surface area contributed by atoms with Crippen LogP contribution in [0, 0.1) is 5.82 Å². The average molecular weight is 304 g/mol. The van der Waals surface area contributed by atoms with Crippen LogP contribution in [0.1, 0.15) is 29.7 Å². The number of fused-ring (bicyclic) bond motifs is 2. The molecule has 0 aliphatic heterocycles. The molecule has 0 saturated heterocycles. The van der Waals surface area contributed by atoms with Gasteiger partial charge in [-0.25, -0.2) is 4.39 Å². The summed E-state index contributed by atoms with van der Waals surface area (Å²) in [4.78, 5) is 9.58. The molecule has 0 radical (unpaired) electrons. The Bertz CT molecular complexity index is 882. The van der Waals surface area contributed by atoms with Gasteiger partial charge in [-0.05, 0) is 55.0 Å². The molecule has 0 unspecified atom stereocenters. The number of benzene rings is 2. The molecule has 0 fully saturated rings. The van der Waals surface area contributed by atoms with Crippen molar-refractivity contribution in [2.75, 3.05) is 0 Å². The maximum atomic E-state index is 13.0. The lowest BCUT2D eigenvalue weighted by atomic mass is 9.93. The van der Waals surface area contributed by atoms with Gasteiger partial charge in [-0.15, -0.1) is 0 Å². The number of hydrogen-bond acceptors (Lipinski definition) is 2. The fraction of sp³-hybridized carbons (Fsp3) is 0.200. The lowest BCUT2D eigenvalue weighted by Gasteiger charge is -2.18. The largest absolute Gasteiger partial charge is 0.255 e. The highest BCUT2D eigenvalue weighted by Crippen LogP contribution is 2.35. The first kappa shape index (κ1) is 14.1. The number of para-hydroxylation sites is 1. The molecule has 0 atom stereocenters. The number of aliphatic imine (C=N–C) groups is 1. The number of nitrogens with zero attached hydrogens (tertiary/aromatic N) is 2. The van der Waals surface area contributed by atoms with Gasteiger partial charge < -0.3 is 0 Å². The first-order valence-corrected chi connectivity index (χ1v) is 8.01. The number of pyridine rings is 1. The summed E-state index contributed by atoms with van der Waals surface area (Å²) in [5.41, 5.74) is 5.38. The zero-order valence-corrected chi connectivity index (χ0v) is 12.8. The molecular formula is C20H17FN2. The van der Waals surface area contributed by atoms with Crippen LogP contribution in [0.15, 0.2) is 53.5 Å². The van der Waals surface area contributed by atoms with Crippen LogP contribution in [0.2, 0.25) is 0 Å². The first-order valence-electron chi connectivity index (χ1n) is 8.01. The van der Waals surface area contributed by atoms with Crippen molar-refractivity contribution in [1.82, 2.24) is 4.98 Å². The highest BCUT2D eigenvalue weighted by atomic mass is 19.1. The molecule has 1 heterocycles. The third-order valence-corrected chi connectivity index (χ3v) is 4.35. The Hall–Kier alpha value is -2.55. The summed E-state index contributed by atoms with van der Waals surface area (Å²) in [5, 5.41) is 1.09. The van der Waals surface area contributed by atoms with Crippen molar-refractivity contribution in [3.8, 4) is 0 Å². The Morgan fingerprint density at radius 1 is 0.957 bits per heavy atom. The lowest BCUT2D eigenvalue weighted by Crippen LogP contribution is -2.06. The van der Waals surface area contributed by atoms with Crippen LogP contribution in [0.25, 0.3) is 10.9 Å². The molecule has 114 valence electrons. The maximum absolute atomic E-state index is 13.0. The van der Waals surface area contributed by atoms with Gasteiger partial charge in [0.15, 0.2) is 0 Å². The molecule has 0 N–H and O–H groups in total. The van der Waals surface area contributed by atoms with Crippen molar-refractivity contribution in [1.29, 1.82) is 0 Å². The second-order valence-corrected chi connectivity index (χ2v) is 5.92. The molecule has 0 amide bonds. The van der Waals surface area contributed by atoms with E-state index in [1.807, 2.05) is 24.4 Å². The van der Waals surface area contributed by atoms with Gasteiger partial charge >= 0.3 is 0 Å². The normalized spacial score (nSPS) is 14.3. The summed E-state index contributed by atoms with van der Waals surface area (Å²) in [6.45, 7) is 0. The van der Waals surface area contributed by atoms with E-state index in [-0.39, 0.29) is 5.82 Å². The molecule has 2 nitrogen and oxygen atoms in total. The average Bonchev–Trinajstić information content (AvgIpc) is 2.60. The van der Waals surface area contributed by atoms with Gasteiger partial charge in [0.25, 0.3) is 0 Å². The SMILES string of the molecule is Fc1ccc(/C=N/c2c3c(nc4ccccc24)CCCC3)cc1. The summed E-state index contributed by atoms with van der Waals surface area (Å²) in [5.74, 6) is -0.228. The summed E-state index contributed by atoms with van der Waals surface area (Å²) < 4.78 is 13.0. The van der Waals surface area contributed by atoms with Crippen LogP contribution >= 0.6 is 0 Å². The van der Waals surface area contributed by atoms with Crippen molar-refractivity contribution < 1.29 is 4.39 Å². The number of hydrogen-bond donors (Lipinski definition) is 0. The predicted molar refractivity (Wildman–Crippen MR) is 92.0 cm³/mol. The minimum Gasteiger partial charge on any atom is -0.255 e. The molecule has 3 heteroatoms. The summed E-state index contributed by atoms with van der Waals surface area (Å²) in [6.07, 6.45) is 6.25. The predicted octanol–water partition coefficient (Wildman–Crippen LogP) is 5.00. The van der Waals surface area contributed by atoms with Gasteiger partial charge in [-0.3, -0.25) is 9.98 Å². The molecular weight excluding hydrogens is 287 g/mol. The fourth-order valence-electron chi connectivity index (χ4n) is 3.18. The van der Waals surface area contributed by atoms with E-state index < -0.39 is 0 Å². The Morgan fingerprint density at radius 3 is 2.61 bits per heavy atom. The molecule has 0 spiro atoms. The van der Waals surface area contributed by atoms with Gasteiger partial charge in [-0.2, -0.15) is 0 Å². The highest BCUT2D eigenvalue weighted by Gasteiger charge is 2.17. The maximum Gasteiger partial charge on any atom is 0.123 e. The number of aryl methyl sites for hydroxylation is 1. The fourth-order valence-corrected chi connectivity index (χ4v) is 3.18. The summed E-state index contributed by atoms with van der Waals surface area (Å²) >= 11 is 0. The molecule has 1 aliphatic rings. The van der Waals surface area contributed by atoms with Crippen LogP contribution in [0.3, 0.4) is 0 Å². The smallest absolute Gasteiger partial charge is 0.123 e. The van der Waals surface area contributed by atoms with E-state index in [2.05, 4.69) is 6.07 Å². The van der Waals surface area contributed by atoms with Crippen LogP contribution < -0.4 is 0 Å². The lowest BCUT2D eigenvalue weighted by molar-refractivity contribution is 0.628. The second-order valence-electron chi connectivity index (χ2n) is 5.92. The Morgan fingerprint density at radius 2 is 1.74 bits per heavy atom. The molecule has 0 saturated carbocycles. The monoisotopic (exact) mass is 304 g/mol. The second kappa shape index (κ2) is 5.92. The molecule has 23 heavy (non-hydrogen) atoms. The van der Waals surface area contributed by atoms with E-state index in [0.29, 0.717) is 0 Å². The summed E-state index contributed by atoms with van der Waals surface area (Å²) in [6, 6.07) is 14.6. The van der Waals surface area contributed by atoms with E-state index >= 15 is 0 Å². The first-order chi connectivity index (χ1) is 11.3. The van der Waals surface area contributed by atoms with Gasteiger partial charge in [-0.1, -0.05) is 30.3 Å². The number of rotatable bonds is 2. The minimum atomic E-state index is -0.228. The molecule has 4 rings (SSSR count). The van der Waals surface area contributed by atoms with E-state index in [1.54, 1.807) is 12.1 Å². The number of halogens is 1. The van der Waals surface area contributed by atoms with Crippen molar-refractivity contribution >= 4 is 22.8 Å². The third-order valence-electron chi connectivity index (χ3n) is 4.35. The Balaban J connectivity index is 1.85. The zero-order chi connectivity index (χ0) is 15.6. The van der Waals surface area contributed by atoms with Crippen molar-refractivity contribution in [2.45, 2.75) is 25.7 Å². The van der Waals surface area contributed by atoms with Crippen LogP contribution in [0.4, 0.5) is 10.1 Å². The standard InChI is InChI=1S/C20H17FN2/c21-15-11-9-14(10-12-15)13-22-20-16-5-1-3-7-18(16)23-19-8-4-2-6-17(19)20/h1,3,5,7,9-13H,2,4,6,8H2/b22-13+. The van der Waals surface area contributed by atoms with Crippen molar-refractivity contribution in [3.05, 3.63) is 71.2 Å². The molecule has 1 aromatic heterocycles. The minimum absolute atomic E-state index is 0.228.